The Kier molecular flexibility index (Phi) is 3.94. The minimum absolute atomic E-state index is 0.0102. The molecule has 1 unspecified atom stereocenters. The number of likely N-dealkylation sites (N-methyl/N-ethyl adjacent to an activating group) is 1. The first kappa shape index (κ1) is 16.4. The second-order valence-electron chi connectivity index (χ2n) is 7.86. The highest BCUT2D eigenvalue weighted by Gasteiger charge is 2.27. The summed E-state index contributed by atoms with van der Waals surface area (Å²) < 4.78 is 0. The summed E-state index contributed by atoms with van der Waals surface area (Å²) in [6.45, 7) is 6.55. The van der Waals surface area contributed by atoms with Crippen LogP contribution in [0.5, 0.6) is 0 Å². The van der Waals surface area contributed by atoms with Crippen molar-refractivity contribution >= 4 is 10.9 Å². The fraction of sp³-hybridized carbons (Fsp3) is 0.364. The molecule has 0 aliphatic carbocycles. The Morgan fingerprint density at radius 2 is 1.96 bits per heavy atom. The highest BCUT2D eigenvalue weighted by Crippen LogP contribution is 2.36. The molecular weight excluding hydrogens is 306 g/mol. The van der Waals surface area contributed by atoms with E-state index in [4.69, 9.17) is 0 Å². The number of hydrogen-bond donors (Lipinski definition) is 2. The van der Waals surface area contributed by atoms with Crippen molar-refractivity contribution in [2.75, 3.05) is 20.6 Å². The van der Waals surface area contributed by atoms with Crippen LogP contribution in [0.2, 0.25) is 0 Å². The number of aromatic nitrogens is 1. The monoisotopic (exact) mass is 333 g/mol. The topological polar surface area (TPSA) is 31.1 Å². The van der Waals surface area contributed by atoms with E-state index in [1.165, 1.54) is 33.2 Å². The van der Waals surface area contributed by atoms with Crippen LogP contribution in [0.25, 0.3) is 10.9 Å². The van der Waals surface area contributed by atoms with Gasteiger partial charge in [0.15, 0.2) is 0 Å². The summed E-state index contributed by atoms with van der Waals surface area (Å²) in [4.78, 5) is 5.78. The Morgan fingerprint density at radius 1 is 1.12 bits per heavy atom. The third-order valence-corrected chi connectivity index (χ3v) is 5.78. The van der Waals surface area contributed by atoms with E-state index in [2.05, 4.69) is 78.6 Å². The van der Waals surface area contributed by atoms with Crippen molar-refractivity contribution in [3.63, 3.8) is 0 Å². The Hall–Kier alpha value is -2.10. The predicted molar refractivity (Wildman–Crippen MR) is 105 cm³/mol. The Labute approximate surface area is 150 Å². The molecule has 0 radical (unpaired) electrons. The van der Waals surface area contributed by atoms with E-state index in [-0.39, 0.29) is 5.54 Å². The Bertz CT molecular complexity index is 907. The third-order valence-electron chi connectivity index (χ3n) is 5.78. The molecule has 2 heterocycles. The lowest BCUT2D eigenvalue weighted by atomic mass is 9.82. The molecular formula is C22H27N3. The van der Waals surface area contributed by atoms with E-state index >= 15 is 0 Å². The van der Waals surface area contributed by atoms with Crippen LogP contribution in [0, 0.1) is 0 Å². The molecule has 1 aliphatic rings. The van der Waals surface area contributed by atoms with E-state index < -0.39 is 0 Å². The second-order valence-corrected chi connectivity index (χ2v) is 7.86. The maximum Gasteiger partial charge on any atom is 0.0456 e. The SMILES string of the molecule is CNC(C)(C)c1ccc2c(c1)CN(C)CC2c1ccc2cc[nH]c2c1. The molecule has 3 heteroatoms. The zero-order valence-electron chi connectivity index (χ0n) is 15.6. The summed E-state index contributed by atoms with van der Waals surface area (Å²) in [7, 11) is 4.25. The third kappa shape index (κ3) is 2.88. The van der Waals surface area contributed by atoms with Crippen molar-refractivity contribution in [1.29, 1.82) is 0 Å². The van der Waals surface area contributed by atoms with Gasteiger partial charge in [-0.15, -0.1) is 0 Å². The molecule has 3 aromatic rings. The molecule has 0 saturated heterocycles. The van der Waals surface area contributed by atoms with E-state index in [1.54, 1.807) is 0 Å². The lowest BCUT2D eigenvalue weighted by Crippen LogP contribution is -2.35. The average molecular weight is 333 g/mol. The van der Waals surface area contributed by atoms with Crippen molar-refractivity contribution < 1.29 is 0 Å². The molecule has 130 valence electrons. The highest BCUT2D eigenvalue weighted by atomic mass is 15.1. The van der Waals surface area contributed by atoms with Crippen LogP contribution in [0.15, 0.2) is 48.7 Å². The number of rotatable bonds is 3. The number of fused-ring (bicyclic) bond motifs is 2. The van der Waals surface area contributed by atoms with Crippen molar-refractivity contribution in [2.45, 2.75) is 31.8 Å². The molecule has 0 fully saturated rings. The molecule has 2 aromatic carbocycles. The second kappa shape index (κ2) is 6.01. The minimum atomic E-state index is -0.0102. The maximum atomic E-state index is 3.42. The zero-order valence-corrected chi connectivity index (χ0v) is 15.6. The molecule has 4 rings (SSSR count). The number of aromatic amines is 1. The van der Waals surface area contributed by atoms with Gasteiger partial charge >= 0.3 is 0 Å². The van der Waals surface area contributed by atoms with Gasteiger partial charge in [0.1, 0.15) is 0 Å². The first-order chi connectivity index (χ1) is 12.0. The number of H-pyrrole nitrogens is 1. The standard InChI is InChI=1S/C22H27N3/c1-22(2,23-3)18-7-8-19-17(11-18)13-25(4)14-20(19)16-6-5-15-9-10-24-21(15)12-16/h5-12,20,23-24H,13-14H2,1-4H3. The quantitative estimate of drug-likeness (QED) is 0.753. The minimum Gasteiger partial charge on any atom is -0.361 e. The zero-order chi connectivity index (χ0) is 17.6. The first-order valence-corrected chi connectivity index (χ1v) is 9.06. The van der Waals surface area contributed by atoms with E-state index in [1.807, 2.05) is 13.2 Å². The van der Waals surface area contributed by atoms with Gasteiger partial charge in [0.05, 0.1) is 0 Å². The lowest BCUT2D eigenvalue weighted by Gasteiger charge is -2.34. The summed E-state index contributed by atoms with van der Waals surface area (Å²) >= 11 is 0. The Balaban J connectivity index is 1.78. The number of nitrogens with zero attached hydrogens (tertiary/aromatic N) is 1. The molecule has 1 aromatic heterocycles. The summed E-state index contributed by atoms with van der Waals surface area (Å²) in [6.07, 6.45) is 2.02. The van der Waals surface area contributed by atoms with Gasteiger partial charge < -0.3 is 15.2 Å². The number of hydrogen-bond acceptors (Lipinski definition) is 2. The van der Waals surface area contributed by atoms with Crippen LogP contribution in [0.1, 0.15) is 42.0 Å². The number of nitrogens with one attached hydrogen (secondary N) is 2. The van der Waals surface area contributed by atoms with Crippen LogP contribution in [-0.4, -0.2) is 30.5 Å². The van der Waals surface area contributed by atoms with Crippen molar-refractivity contribution in [3.8, 4) is 0 Å². The molecule has 2 N–H and O–H groups in total. The average Bonchev–Trinajstić information content (AvgIpc) is 3.08. The molecule has 1 atom stereocenters. The summed E-state index contributed by atoms with van der Waals surface area (Å²) in [6, 6.07) is 16.0. The van der Waals surface area contributed by atoms with E-state index in [0.717, 1.165) is 13.1 Å². The van der Waals surface area contributed by atoms with Crippen LogP contribution in [0.4, 0.5) is 0 Å². The van der Waals surface area contributed by atoms with Crippen LogP contribution >= 0.6 is 0 Å². The smallest absolute Gasteiger partial charge is 0.0456 e. The van der Waals surface area contributed by atoms with Gasteiger partial charge in [-0.2, -0.15) is 0 Å². The van der Waals surface area contributed by atoms with Crippen molar-refractivity contribution in [1.82, 2.24) is 15.2 Å². The highest BCUT2D eigenvalue weighted by molar-refractivity contribution is 5.80. The van der Waals surface area contributed by atoms with Gasteiger partial charge in [-0.05, 0) is 67.7 Å². The van der Waals surface area contributed by atoms with Crippen molar-refractivity contribution in [3.05, 3.63) is 70.9 Å². The maximum absolute atomic E-state index is 3.42. The molecule has 1 aliphatic heterocycles. The molecule has 25 heavy (non-hydrogen) atoms. The van der Waals surface area contributed by atoms with E-state index in [0.29, 0.717) is 5.92 Å². The van der Waals surface area contributed by atoms with Gasteiger partial charge in [0.2, 0.25) is 0 Å². The fourth-order valence-corrected chi connectivity index (χ4v) is 3.95. The van der Waals surface area contributed by atoms with Gasteiger partial charge in [-0.3, -0.25) is 0 Å². The van der Waals surface area contributed by atoms with Crippen LogP contribution < -0.4 is 5.32 Å². The summed E-state index contributed by atoms with van der Waals surface area (Å²) in [5.41, 5.74) is 6.88. The van der Waals surface area contributed by atoms with Crippen LogP contribution in [0.3, 0.4) is 0 Å². The molecule has 0 saturated carbocycles. The Morgan fingerprint density at radius 3 is 2.76 bits per heavy atom. The molecule has 0 amide bonds. The van der Waals surface area contributed by atoms with Crippen molar-refractivity contribution in [2.24, 2.45) is 0 Å². The first-order valence-electron chi connectivity index (χ1n) is 9.06. The van der Waals surface area contributed by atoms with Gasteiger partial charge in [-0.25, -0.2) is 0 Å². The van der Waals surface area contributed by atoms with Gasteiger partial charge in [0.25, 0.3) is 0 Å². The fourth-order valence-electron chi connectivity index (χ4n) is 3.95. The summed E-state index contributed by atoms with van der Waals surface area (Å²) in [5.74, 6) is 0.424. The molecule has 0 spiro atoms. The molecule has 0 bridgehead atoms. The van der Waals surface area contributed by atoms with Crippen LogP contribution in [-0.2, 0) is 12.1 Å². The summed E-state index contributed by atoms with van der Waals surface area (Å²) in [5, 5.41) is 4.70. The van der Waals surface area contributed by atoms with E-state index in [9.17, 15) is 0 Å². The van der Waals surface area contributed by atoms with Gasteiger partial charge in [-0.1, -0.05) is 30.3 Å². The molecule has 3 nitrogen and oxygen atoms in total. The predicted octanol–water partition coefficient (Wildman–Crippen LogP) is 4.20. The van der Waals surface area contributed by atoms with Gasteiger partial charge in [0, 0.05) is 36.3 Å². The lowest BCUT2D eigenvalue weighted by molar-refractivity contribution is 0.294. The number of benzene rings is 2. The largest absolute Gasteiger partial charge is 0.361 e. The normalized spacial score (nSPS) is 18.5.